The summed E-state index contributed by atoms with van der Waals surface area (Å²) in [5, 5.41) is 0. The van der Waals surface area contributed by atoms with Crippen LogP contribution < -0.4 is 0 Å². The standard InChI is InChI=1S/4C13H29O3P.Ni/c4*1-4-7-10-13-16-17(14-11-8-5-2)15-12-9-6-3;/h4*4-13H2,1-3H3;. The molecule has 0 aliphatic rings. The van der Waals surface area contributed by atoms with Crippen LogP contribution in [0.3, 0.4) is 0 Å². The van der Waals surface area contributed by atoms with Gasteiger partial charge in [-0.05, 0) is 77.0 Å². The number of hydrogen-bond acceptors (Lipinski definition) is 12. The minimum absolute atomic E-state index is 0. The molecular formula is C52H116NiO12P4. The van der Waals surface area contributed by atoms with Crippen molar-refractivity contribution >= 4 is 34.4 Å². The van der Waals surface area contributed by atoms with Crippen molar-refractivity contribution in [1.29, 1.82) is 0 Å². The number of unbranched alkanes of at least 4 members (excludes halogenated alkanes) is 16. The average molecular weight is 1120 g/mol. The van der Waals surface area contributed by atoms with Crippen LogP contribution in [0.25, 0.3) is 0 Å². The quantitative estimate of drug-likeness (QED) is 0.0328. The fourth-order valence-electron chi connectivity index (χ4n) is 4.68. The van der Waals surface area contributed by atoms with Crippen molar-refractivity contribution in [3.8, 4) is 0 Å². The van der Waals surface area contributed by atoms with Crippen LogP contribution in [0.5, 0.6) is 0 Å². The molecule has 0 aromatic rings. The molecule has 0 saturated heterocycles. The zero-order valence-electron chi connectivity index (χ0n) is 47.3. The summed E-state index contributed by atoms with van der Waals surface area (Å²) in [6, 6.07) is 0. The molecule has 69 heavy (non-hydrogen) atoms. The molecule has 0 heterocycles. The van der Waals surface area contributed by atoms with Crippen molar-refractivity contribution in [2.75, 3.05) is 79.3 Å². The van der Waals surface area contributed by atoms with E-state index in [2.05, 4.69) is 83.1 Å². The molecule has 0 aliphatic heterocycles. The molecule has 0 fully saturated rings. The molecular weight excluding hydrogens is 999 g/mol. The van der Waals surface area contributed by atoms with E-state index in [4.69, 9.17) is 54.3 Å². The Morgan fingerprint density at radius 3 is 0.362 bits per heavy atom. The zero-order chi connectivity index (χ0) is 51.1. The van der Waals surface area contributed by atoms with Crippen LogP contribution in [-0.2, 0) is 70.8 Å². The normalized spacial score (nSPS) is 11.1. The maximum Gasteiger partial charge on any atom is 0.332 e. The second-order valence-electron chi connectivity index (χ2n) is 16.5. The summed E-state index contributed by atoms with van der Waals surface area (Å²) in [4.78, 5) is 0. The summed E-state index contributed by atoms with van der Waals surface area (Å²) in [7, 11) is -4.40. The van der Waals surface area contributed by atoms with Gasteiger partial charge in [0, 0.05) is 16.5 Å². The maximum absolute atomic E-state index is 5.66. The van der Waals surface area contributed by atoms with Crippen molar-refractivity contribution in [3.63, 3.8) is 0 Å². The Balaban J connectivity index is -0.000000263. The van der Waals surface area contributed by atoms with E-state index in [-0.39, 0.29) is 16.5 Å². The molecule has 0 aromatic carbocycles. The summed E-state index contributed by atoms with van der Waals surface area (Å²) < 4.78 is 67.7. The van der Waals surface area contributed by atoms with Gasteiger partial charge in [0.15, 0.2) is 0 Å². The van der Waals surface area contributed by atoms with Gasteiger partial charge in [-0.1, -0.05) is 186 Å². The molecule has 0 rings (SSSR count). The van der Waals surface area contributed by atoms with Crippen LogP contribution in [0.1, 0.15) is 263 Å². The van der Waals surface area contributed by atoms with Gasteiger partial charge in [0.25, 0.3) is 0 Å². The minimum atomic E-state index is -1.10. The summed E-state index contributed by atoms with van der Waals surface area (Å²) in [5.74, 6) is 0. The Hall–Kier alpha value is 1.73. The molecule has 0 spiro atoms. The van der Waals surface area contributed by atoms with Crippen LogP contribution in [0.2, 0.25) is 0 Å². The first kappa shape index (κ1) is 79.6. The molecule has 17 heteroatoms. The molecule has 12 nitrogen and oxygen atoms in total. The van der Waals surface area contributed by atoms with Crippen molar-refractivity contribution in [3.05, 3.63) is 0 Å². The van der Waals surface area contributed by atoms with Crippen molar-refractivity contribution in [2.45, 2.75) is 263 Å². The van der Waals surface area contributed by atoms with Crippen LogP contribution in [0.15, 0.2) is 0 Å². The monoisotopic (exact) mass is 1110 g/mol. The van der Waals surface area contributed by atoms with E-state index >= 15 is 0 Å². The van der Waals surface area contributed by atoms with Gasteiger partial charge in [-0.15, -0.1) is 0 Å². The van der Waals surface area contributed by atoms with Gasteiger partial charge in [0.1, 0.15) is 0 Å². The summed E-state index contributed by atoms with van der Waals surface area (Å²) >= 11 is 0. The van der Waals surface area contributed by atoms with Crippen LogP contribution >= 0.6 is 34.4 Å². The fraction of sp³-hybridized carbons (Fsp3) is 1.00. The van der Waals surface area contributed by atoms with Crippen molar-refractivity contribution in [1.82, 2.24) is 0 Å². The van der Waals surface area contributed by atoms with E-state index in [9.17, 15) is 0 Å². The molecule has 0 amide bonds. The van der Waals surface area contributed by atoms with E-state index in [0.29, 0.717) is 0 Å². The molecule has 0 aliphatic carbocycles. The molecule has 0 unspecified atom stereocenters. The molecule has 0 radical (unpaired) electrons. The molecule has 426 valence electrons. The average Bonchev–Trinajstić information content (AvgIpc) is 3.35. The second kappa shape index (κ2) is 76.2. The first-order valence-electron chi connectivity index (χ1n) is 28.1. The Morgan fingerprint density at radius 1 is 0.159 bits per heavy atom. The predicted octanol–water partition coefficient (Wildman–Crippen LogP) is 20.2. The predicted molar refractivity (Wildman–Crippen MR) is 296 cm³/mol. The molecule has 0 bridgehead atoms. The topological polar surface area (TPSA) is 111 Å². The van der Waals surface area contributed by atoms with E-state index in [1.165, 1.54) is 51.4 Å². The largest absolute Gasteiger partial charge is 0.332 e. The van der Waals surface area contributed by atoms with Gasteiger partial charge in [0.2, 0.25) is 0 Å². The van der Waals surface area contributed by atoms with E-state index in [1.807, 2.05) is 0 Å². The first-order valence-corrected chi connectivity index (χ1v) is 32.5. The van der Waals surface area contributed by atoms with Gasteiger partial charge < -0.3 is 54.3 Å². The van der Waals surface area contributed by atoms with Crippen molar-refractivity contribution in [2.24, 2.45) is 0 Å². The van der Waals surface area contributed by atoms with E-state index < -0.39 is 34.4 Å². The summed E-state index contributed by atoms with van der Waals surface area (Å²) in [6.07, 6.45) is 31.9. The number of hydrogen-bond donors (Lipinski definition) is 0. The smallest absolute Gasteiger partial charge is 0.312 e. The maximum atomic E-state index is 5.66. The van der Waals surface area contributed by atoms with Gasteiger partial charge in [-0.2, -0.15) is 0 Å². The SMILES string of the molecule is CCCCCOP(OCCCC)OCCCC.CCCCCOP(OCCCC)OCCCC.CCCCCOP(OCCCC)OCCCC.CCCCCOP(OCCCC)OCCCC.[Ni]. The minimum Gasteiger partial charge on any atom is -0.312 e. The zero-order valence-corrected chi connectivity index (χ0v) is 51.9. The van der Waals surface area contributed by atoms with Crippen LogP contribution in [0.4, 0.5) is 0 Å². The van der Waals surface area contributed by atoms with E-state index in [0.717, 1.165) is 208 Å². The third kappa shape index (κ3) is 74.0. The second-order valence-corrected chi connectivity index (χ2v) is 21.4. The van der Waals surface area contributed by atoms with Crippen LogP contribution in [0, 0.1) is 0 Å². The molecule has 0 saturated carbocycles. The Morgan fingerprint density at radius 2 is 0.261 bits per heavy atom. The van der Waals surface area contributed by atoms with E-state index in [1.54, 1.807) is 0 Å². The Kier molecular flexibility index (Phi) is 88.0. The molecule has 0 N–H and O–H groups in total. The fourth-order valence-corrected chi connectivity index (χ4v) is 8.91. The van der Waals surface area contributed by atoms with Crippen LogP contribution in [-0.4, -0.2) is 79.3 Å². The summed E-state index contributed by atoms with van der Waals surface area (Å²) in [6.45, 7) is 35.1. The molecule has 0 aromatic heterocycles. The molecule has 0 atom stereocenters. The first-order chi connectivity index (χ1) is 33.4. The third-order valence-electron chi connectivity index (χ3n) is 9.34. The van der Waals surface area contributed by atoms with Gasteiger partial charge in [-0.25, -0.2) is 0 Å². The van der Waals surface area contributed by atoms with Gasteiger partial charge >= 0.3 is 34.4 Å². The van der Waals surface area contributed by atoms with Gasteiger partial charge in [-0.3, -0.25) is 0 Å². The van der Waals surface area contributed by atoms with Crippen molar-refractivity contribution < 1.29 is 70.8 Å². The Labute approximate surface area is 445 Å². The summed E-state index contributed by atoms with van der Waals surface area (Å²) in [5.41, 5.74) is 0. The Bertz CT molecular complexity index is 674. The van der Waals surface area contributed by atoms with Gasteiger partial charge in [0.05, 0.1) is 79.3 Å². The number of rotatable bonds is 52. The third-order valence-corrected chi connectivity index (χ3v) is 14.1.